The number of hydrogen-bond acceptors (Lipinski definition) is 2. The Morgan fingerprint density at radius 2 is 2.18 bits per heavy atom. The van der Waals surface area contributed by atoms with Crippen LogP contribution in [0.2, 0.25) is 0 Å². The maximum Gasteiger partial charge on any atom is 0.167 e. The molecule has 1 aromatic carbocycles. The number of carbonyl (C=O) groups is 1. The zero-order valence-electron chi connectivity index (χ0n) is 10.2. The molecule has 2 rings (SSSR count). The summed E-state index contributed by atoms with van der Waals surface area (Å²) >= 11 is 0. The van der Waals surface area contributed by atoms with Crippen molar-refractivity contribution in [2.75, 3.05) is 13.6 Å². The largest absolute Gasteiger partial charge is 0.303 e. The number of halogens is 1. The van der Waals surface area contributed by atoms with E-state index < -0.39 is 5.82 Å². The molecule has 1 fully saturated rings. The topological polar surface area (TPSA) is 20.3 Å². The van der Waals surface area contributed by atoms with Crippen molar-refractivity contribution in [3.8, 4) is 0 Å². The summed E-state index contributed by atoms with van der Waals surface area (Å²) in [6.07, 6.45) is 3.83. The lowest BCUT2D eigenvalue weighted by molar-refractivity contribution is 0.0902. The van der Waals surface area contributed by atoms with Crippen LogP contribution in [-0.4, -0.2) is 30.3 Å². The van der Waals surface area contributed by atoms with Crippen LogP contribution < -0.4 is 0 Å². The van der Waals surface area contributed by atoms with Gasteiger partial charge in [-0.2, -0.15) is 0 Å². The van der Waals surface area contributed by atoms with Crippen LogP contribution in [0.5, 0.6) is 0 Å². The van der Waals surface area contributed by atoms with Crippen LogP contribution in [0.4, 0.5) is 4.39 Å². The Kier molecular flexibility index (Phi) is 3.89. The molecule has 92 valence electrons. The van der Waals surface area contributed by atoms with Crippen LogP contribution in [0.25, 0.3) is 0 Å². The molecule has 0 aromatic heterocycles. The minimum Gasteiger partial charge on any atom is -0.303 e. The van der Waals surface area contributed by atoms with Gasteiger partial charge in [-0.25, -0.2) is 4.39 Å². The molecule has 0 aliphatic carbocycles. The Morgan fingerprint density at radius 1 is 1.41 bits per heavy atom. The molecule has 1 atom stereocenters. The van der Waals surface area contributed by atoms with Gasteiger partial charge in [0.1, 0.15) is 5.82 Å². The van der Waals surface area contributed by atoms with Gasteiger partial charge in [-0.3, -0.25) is 4.79 Å². The van der Waals surface area contributed by atoms with Gasteiger partial charge in [-0.15, -0.1) is 0 Å². The van der Waals surface area contributed by atoms with Crippen molar-refractivity contribution in [2.24, 2.45) is 0 Å². The number of likely N-dealkylation sites (tertiary alicyclic amines) is 1. The molecule has 1 aliphatic heterocycles. The molecule has 2 nitrogen and oxygen atoms in total. The first-order valence-electron chi connectivity index (χ1n) is 6.16. The quantitative estimate of drug-likeness (QED) is 0.751. The van der Waals surface area contributed by atoms with Crippen LogP contribution in [0.3, 0.4) is 0 Å². The predicted octanol–water partition coefficient (Wildman–Crippen LogP) is 2.88. The van der Waals surface area contributed by atoms with E-state index in [2.05, 4.69) is 4.90 Å². The Labute approximate surface area is 101 Å². The zero-order chi connectivity index (χ0) is 12.3. The van der Waals surface area contributed by atoms with Gasteiger partial charge < -0.3 is 4.90 Å². The minimum atomic E-state index is -0.407. The molecule has 1 unspecified atom stereocenters. The highest BCUT2D eigenvalue weighted by Gasteiger charge is 2.23. The fourth-order valence-corrected chi connectivity index (χ4v) is 2.41. The average Bonchev–Trinajstić information content (AvgIpc) is 2.32. The average molecular weight is 235 g/mol. The fourth-order valence-electron chi connectivity index (χ4n) is 2.41. The summed E-state index contributed by atoms with van der Waals surface area (Å²) in [5, 5.41) is 0. The van der Waals surface area contributed by atoms with E-state index in [4.69, 9.17) is 0 Å². The normalized spacial score (nSPS) is 21.4. The number of benzene rings is 1. The van der Waals surface area contributed by atoms with Gasteiger partial charge in [0.25, 0.3) is 0 Å². The third-order valence-corrected chi connectivity index (χ3v) is 3.52. The summed E-state index contributed by atoms with van der Waals surface area (Å²) in [6, 6.07) is 6.51. The summed E-state index contributed by atoms with van der Waals surface area (Å²) in [4.78, 5) is 14.2. The number of carbonyl (C=O) groups excluding carboxylic acids is 1. The molecule has 1 heterocycles. The summed E-state index contributed by atoms with van der Waals surface area (Å²) in [5.74, 6) is -0.488. The Hall–Kier alpha value is -1.22. The van der Waals surface area contributed by atoms with Crippen LogP contribution in [-0.2, 0) is 0 Å². The monoisotopic (exact) mass is 235 g/mol. The van der Waals surface area contributed by atoms with Gasteiger partial charge in [0.2, 0.25) is 0 Å². The number of piperidine rings is 1. The predicted molar refractivity (Wildman–Crippen MR) is 65.6 cm³/mol. The molecule has 17 heavy (non-hydrogen) atoms. The molecular weight excluding hydrogens is 217 g/mol. The van der Waals surface area contributed by atoms with E-state index in [9.17, 15) is 9.18 Å². The van der Waals surface area contributed by atoms with Crippen molar-refractivity contribution in [2.45, 2.75) is 31.7 Å². The highest BCUT2D eigenvalue weighted by molar-refractivity contribution is 5.96. The molecule has 0 amide bonds. The minimum absolute atomic E-state index is 0.0816. The van der Waals surface area contributed by atoms with Gasteiger partial charge in [0.15, 0.2) is 5.78 Å². The van der Waals surface area contributed by atoms with E-state index in [0.717, 1.165) is 13.0 Å². The van der Waals surface area contributed by atoms with Crippen molar-refractivity contribution in [3.05, 3.63) is 35.6 Å². The maximum absolute atomic E-state index is 13.5. The molecule has 0 saturated carbocycles. The highest BCUT2D eigenvalue weighted by atomic mass is 19.1. The molecule has 0 bridgehead atoms. The molecular formula is C14H18FNO. The van der Waals surface area contributed by atoms with E-state index in [1.54, 1.807) is 18.2 Å². The third kappa shape index (κ3) is 2.91. The van der Waals surface area contributed by atoms with Crippen molar-refractivity contribution >= 4 is 5.78 Å². The first kappa shape index (κ1) is 12.2. The molecule has 3 heteroatoms. The van der Waals surface area contributed by atoms with E-state index in [1.807, 2.05) is 7.05 Å². The maximum atomic E-state index is 13.5. The van der Waals surface area contributed by atoms with Gasteiger partial charge in [0, 0.05) is 12.5 Å². The van der Waals surface area contributed by atoms with E-state index in [1.165, 1.54) is 18.9 Å². The summed E-state index contributed by atoms with van der Waals surface area (Å²) in [5.41, 5.74) is 0.228. The van der Waals surface area contributed by atoms with Crippen molar-refractivity contribution < 1.29 is 9.18 Å². The van der Waals surface area contributed by atoms with Gasteiger partial charge in [-0.1, -0.05) is 18.6 Å². The number of rotatable bonds is 3. The third-order valence-electron chi connectivity index (χ3n) is 3.52. The van der Waals surface area contributed by atoms with Crippen molar-refractivity contribution in [1.29, 1.82) is 0 Å². The van der Waals surface area contributed by atoms with Gasteiger partial charge >= 0.3 is 0 Å². The van der Waals surface area contributed by atoms with Crippen molar-refractivity contribution in [1.82, 2.24) is 4.90 Å². The molecule has 0 spiro atoms. The lowest BCUT2D eigenvalue weighted by atomic mass is 9.95. The van der Waals surface area contributed by atoms with Crippen molar-refractivity contribution in [3.63, 3.8) is 0 Å². The number of ketones is 1. The number of hydrogen-bond donors (Lipinski definition) is 0. The second-order valence-corrected chi connectivity index (χ2v) is 4.74. The lowest BCUT2D eigenvalue weighted by Gasteiger charge is -2.31. The van der Waals surface area contributed by atoms with E-state index in [-0.39, 0.29) is 17.4 Å². The van der Waals surface area contributed by atoms with Crippen LogP contribution >= 0.6 is 0 Å². The zero-order valence-corrected chi connectivity index (χ0v) is 10.2. The lowest BCUT2D eigenvalue weighted by Crippen LogP contribution is -2.37. The Morgan fingerprint density at radius 3 is 2.88 bits per heavy atom. The molecule has 0 N–H and O–H groups in total. The Balaban J connectivity index is 2.04. The van der Waals surface area contributed by atoms with Gasteiger partial charge in [-0.05, 0) is 38.6 Å². The first-order valence-corrected chi connectivity index (χ1v) is 6.16. The Bertz CT molecular complexity index is 405. The molecule has 1 aromatic rings. The number of Topliss-reactive ketones (excluding diaryl/α,β-unsaturated/α-hetero) is 1. The van der Waals surface area contributed by atoms with Gasteiger partial charge in [0.05, 0.1) is 5.56 Å². The van der Waals surface area contributed by atoms with Crippen LogP contribution in [0.15, 0.2) is 24.3 Å². The van der Waals surface area contributed by atoms with Crippen LogP contribution in [0.1, 0.15) is 36.0 Å². The smallest absolute Gasteiger partial charge is 0.167 e. The highest BCUT2D eigenvalue weighted by Crippen LogP contribution is 2.20. The molecule has 1 saturated heterocycles. The second-order valence-electron chi connectivity index (χ2n) is 4.74. The SMILES string of the molecule is CN1CCCCC1CC(=O)c1ccccc1F. The van der Waals surface area contributed by atoms with Crippen LogP contribution in [0, 0.1) is 5.82 Å². The summed E-state index contributed by atoms with van der Waals surface area (Å²) in [7, 11) is 2.04. The van der Waals surface area contributed by atoms with E-state index >= 15 is 0 Å². The molecule has 1 aliphatic rings. The summed E-state index contributed by atoms with van der Waals surface area (Å²) < 4.78 is 13.5. The standard InChI is InChI=1S/C14H18FNO/c1-16-9-5-4-6-11(16)10-14(17)12-7-2-3-8-13(12)15/h2-3,7-8,11H,4-6,9-10H2,1H3. The van der Waals surface area contributed by atoms with E-state index in [0.29, 0.717) is 6.42 Å². The second kappa shape index (κ2) is 5.41. The first-order chi connectivity index (χ1) is 8.18. The number of nitrogens with zero attached hydrogens (tertiary/aromatic N) is 1. The molecule has 0 radical (unpaired) electrons. The summed E-state index contributed by atoms with van der Waals surface area (Å²) in [6.45, 7) is 1.04. The fraction of sp³-hybridized carbons (Fsp3) is 0.500.